The Balaban J connectivity index is 4.21. The second-order valence-electron chi connectivity index (χ2n) is 2.08. The third-order valence-corrected chi connectivity index (χ3v) is 1.43. The van der Waals surface area contributed by atoms with E-state index in [0.29, 0.717) is 0 Å². The fourth-order valence-corrected chi connectivity index (χ4v) is 0.867. The van der Waals surface area contributed by atoms with Gasteiger partial charge in [-0.15, -0.1) is 0 Å². The lowest BCUT2D eigenvalue weighted by atomic mass is 10.2. The molecule has 0 rings (SSSR count). The SMILES string of the molecule is CC([C]=O)C(=O)NS(C)(=O)=O. The van der Waals surface area contributed by atoms with Crippen molar-refractivity contribution in [3.63, 3.8) is 0 Å². The lowest BCUT2D eigenvalue weighted by Gasteiger charge is -2.02. The minimum atomic E-state index is -3.56. The molecule has 1 unspecified atom stereocenters. The molecule has 0 fully saturated rings. The van der Waals surface area contributed by atoms with Crippen LogP contribution in [0.3, 0.4) is 0 Å². The molecule has 0 aliphatic carbocycles. The van der Waals surface area contributed by atoms with Gasteiger partial charge >= 0.3 is 0 Å². The third kappa shape index (κ3) is 4.49. The number of nitrogens with one attached hydrogen (secondary N) is 1. The Bertz CT molecular complexity index is 256. The van der Waals surface area contributed by atoms with Crippen molar-refractivity contribution in [2.24, 2.45) is 5.92 Å². The van der Waals surface area contributed by atoms with E-state index in [-0.39, 0.29) is 0 Å². The van der Waals surface area contributed by atoms with Crippen LogP contribution in [-0.4, -0.2) is 26.9 Å². The number of hydrogen-bond acceptors (Lipinski definition) is 4. The van der Waals surface area contributed by atoms with Crippen LogP contribution in [0.5, 0.6) is 0 Å². The van der Waals surface area contributed by atoms with E-state index < -0.39 is 21.8 Å². The zero-order valence-corrected chi connectivity index (χ0v) is 6.94. The van der Waals surface area contributed by atoms with Gasteiger partial charge in [-0.25, -0.2) is 8.42 Å². The normalized spacial score (nSPS) is 13.6. The molecule has 1 atom stereocenters. The van der Waals surface area contributed by atoms with E-state index >= 15 is 0 Å². The first kappa shape index (κ1) is 10.1. The molecule has 0 saturated heterocycles. The molecule has 63 valence electrons. The Kier molecular flexibility index (Phi) is 3.18. The fraction of sp³-hybridized carbons (Fsp3) is 0.600. The molecule has 1 radical (unpaired) electrons. The molecular formula is C5H8NO4S. The first-order valence-electron chi connectivity index (χ1n) is 2.76. The smallest absolute Gasteiger partial charge is 0.244 e. The van der Waals surface area contributed by atoms with Crippen LogP contribution in [0.2, 0.25) is 0 Å². The van der Waals surface area contributed by atoms with Crippen molar-refractivity contribution in [3.8, 4) is 0 Å². The summed E-state index contributed by atoms with van der Waals surface area (Å²) in [6, 6.07) is 0. The van der Waals surface area contributed by atoms with Gasteiger partial charge in [-0.05, 0) is 6.92 Å². The average Bonchev–Trinajstić information content (AvgIpc) is 1.82. The Hall–Kier alpha value is -0.910. The highest BCUT2D eigenvalue weighted by Gasteiger charge is 2.15. The molecule has 0 aliphatic heterocycles. The van der Waals surface area contributed by atoms with E-state index in [1.54, 1.807) is 4.72 Å². The summed E-state index contributed by atoms with van der Waals surface area (Å²) in [5.41, 5.74) is 0. The van der Waals surface area contributed by atoms with Crippen LogP contribution in [0.4, 0.5) is 0 Å². The van der Waals surface area contributed by atoms with E-state index in [4.69, 9.17) is 0 Å². The maximum atomic E-state index is 10.6. The molecule has 1 amide bonds. The molecule has 0 bridgehead atoms. The molecular weight excluding hydrogens is 170 g/mol. The van der Waals surface area contributed by atoms with Crippen molar-refractivity contribution in [1.82, 2.24) is 4.72 Å². The van der Waals surface area contributed by atoms with E-state index in [9.17, 15) is 18.0 Å². The van der Waals surface area contributed by atoms with Crippen LogP contribution in [0, 0.1) is 5.92 Å². The summed E-state index contributed by atoms with van der Waals surface area (Å²) in [4.78, 5) is 20.5. The van der Waals surface area contributed by atoms with Crippen molar-refractivity contribution in [2.45, 2.75) is 6.92 Å². The molecule has 0 aromatic carbocycles. The van der Waals surface area contributed by atoms with Crippen molar-refractivity contribution in [1.29, 1.82) is 0 Å². The van der Waals surface area contributed by atoms with Gasteiger partial charge in [0.1, 0.15) is 5.92 Å². The van der Waals surface area contributed by atoms with E-state index in [0.717, 1.165) is 6.26 Å². The molecule has 1 N–H and O–H groups in total. The van der Waals surface area contributed by atoms with Crippen molar-refractivity contribution in [2.75, 3.05) is 6.26 Å². The minimum Gasteiger partial charge on any atom is -0.290 e. The molecule has 0 saturated carbocycles. The number of carbonyl (C=O) groups excluding carboxylic acids is 2. The number of sulfonamides is 1. The lowest BCUT2D eigenvalue weighted by molar-refractivity contribution is -0.120. The van der Waals surface area contributed by atoms with Gasteiger partial charge in [0.2, 0.25) is 22.2 Å². The Morgan fingerprint density at radius 3 is 2.27 bits per heavy atom. The van der Waals surface area contributed by atoms with Gasteiger partial charge in [-0.2, -0.15) is 0 Å². The van der Waals surface area contributed by atoms with Crippen LogP contribution in [0.15, 0.2) is 0 Å². The first-order valence-corrected chi connectivity index (χ1v) is 4.65. The van der Waals surface area contributed by atoms with Gasteiger partial charge in [0.15, 0.2) is 0 Å². The second kappa shape index (κ2) is 3.47. The highest BCUT2D eigenvalue weighted by molar-refractivity contribution is 7.89. The largest absolute Gasteiger partial charge is 0.290 e. The van der Waals surface area contributed by atoms with Crippen molar-refractivity contribution in [3.05, 3.63) is 0 Å². The standard InChI is InChI=1S/C5H8NO4S/c1-4(3-7)5(8)6-11(2,9)10/h4H,1-2H3,(H,6,8). The van der Waals surface area contributed by atoms with Crippen molar-refractivity contribution < 1.29 is 18.0 Å². The van der Waals surface area contributed by atoms with E-state index in [1.807, 2.05) is 0 Å². The van der Waals surface area contributed by atoms with Crippen LogP contribution < -0.4 is 4.72 Å². The summed E-state index contributed by atoms with van der Waals surface area (Å²) in [7, 11) is -3.56. The third-order valence-electron chi connectivity index (χ3n) is 0.856. The van der Waals surface area contributed by atoms with Crippen LogP contribution >= 0.6 is 0 Å². The zero-order chi connectivity index (χ0) is 9.07. The van der Waals surface area contributed by atoms with Gasteiger partial charge in [-0.1, -0.05) is 0 Å². The number of hydrogen-bond donors (Lipinski definition) is 1. The highest BCUT2D eigenvalue weighted by Crippen LogP contribution is 1.89. The quantitative estimate of drug-likeness (QED) is 0.551. The summed E-state index contributed by atoms with van der Waals surface area (Å²) < 4.78 is 22.4. The molecule has 0 spiro atoms. The van der Waals surface area contributed by atoms with Gasteiger partial charge in [0.25, 0.3) is 0 Å². The predicted molar refractivity (Wildman–Crippen MR) is 37.8 cm³/mol. The lowest BCUT2D eigenvalue weighted by Crippen LogP contribution is -2.34. The van der Waals surface area contributed by atoms with Crippen LogP contribution in [0.1, 0.15) is 6.92 Å². The fourth-order valence-electron chi connectivity index (χ4n) is 0.325. The molecule has 6 heteroatoms. The summed E-state index contributed by atoms with van der Waals surface area (Å²) in [5.74, 6) is -1.91. The summed E-state index contributed by atoms with van der Waals surface area (Å²) in [5, 5.41) is 0. The molecule has 0 aliphatic rings. The van der Waals surface area contributed by atoms with E-state index in [1.165, 1.54) is 13.2 Å². The minimum absolute atomic E-state index is 0.836. The summed E-state index contributed by atoms with van der Waals surface area (Å²) in [6.45, 7) is 1.26. The Morgan fingerprint density at radius 2 is 2.00 bits per heavy atom. The van der Waals surface area contributed by atoms with Crippen molar-refractivity contribution >= 4 is 22.2 Å². The van der Waals surface area contributed by atoms with Crippen LogP contribution in [-0.2, 0) is 19.6 Å². The van der Waals surface area contributed by atoms with Gasteiger partial charge < -0.3 is 0 Å². The zero-order valence-electron chi connectivity index (χ0n) is 6.12. The second-order valence-corrected chi connectivity index (χ2v) is 3.83. The summed E-state index contributed by atoms with van der Waals surface area (Å²) in [6.07, 6.45) is 2.20. The average molecular weight is 178 g/mol. The van der Waals surface area contributed by atoms with Crippen LogP contribution in [0.25, 0.3) is 0 Å². The maximum absolute atomic E-state index is 10.6. The maximum Gasteiger partial charge on any atom is 0.244 e. The number of amides is 1. The topological polar surface area (TPSA) is 80.3 Å². The van der Waals surface area contributed by atoms with Gasteiger partial charge in [0, 0.05) is 0 Å². The Labute approximate surface area is 64.8 Å². The molecule has 0 aromatic rings. The molecule has 11 heavy (non-hydrogen) atoms. The summed E-state index contributed by atoms with van der Waals surface area (Å²) >= 11 is 0. The van der Waals surface area contributed by atoms with Gasteiger partial charge in [-0.3, -0.25) is 14.3 Å². The first-order chi connectivity index (χ1) is 4.87. The highest BCUT2D eigenvalue weighted by atomic mass is 32.2. The number of rotatable bonds is 3. The Morgan fingerprint density at radius 1 is 1.55 bits per heavy atom. The van der Waals surface area contributed by atoms with E-state index in [2.05, 4.69) is 0 Å². The molecule has 0 aromatic heterocycles. The molecule has 5 nitrogen and oxygen atoms in total. The molecule has 0 heterocycles. The van der Waals surface area contributed by atoms with Gasteiger partial charge in [0.05, 0.1) is 6.26 Å². The number of carbonyl (C=O) groups is 1. The predicted octanol–water partition coefficient (Wildman–Crippen LogP) is -1.19. The monoisotopic (exact) mass is 178 g/mol.